The fourth-order valence-electron chi connectivity index (χ4n) is 1.82. The number of nitrogens with zero attached hydrogens (tertiary/aromatic N) is 1. The van der Waals surface area contributed by atoms with E-state index in [1.54, 1.807) is 18.3 Å². The van der Waals surface area contributed by atoms with Crippen LogP contribution in [-0.2, 0) is 0 Å². The molecule has 1 unspecified atom stereocenters. The van der Waals surface area contributed by atoms with Crippen LogP contribution < -0.4 is 15.8 Å². The maximum Gasteiger partial charge on any atom is 0.273 e. The van der Waals surface area contributed by atoms with Crippen molar-refractivity contribution in [2.75, 3.05) is 13.2 Å². The van der Waals surface area contributed by atoms with Crippen LogP contribution in [-0.4, -0.2) is 30.1 Å². The number of hydrogen-bond donors (Lipinski definition) is 2. The normalized spacial score (nSPS) is 14.5. The van der Waals surface area contributed by atoms with E-state index in [1.165, 1.54) is 12.8 Å². The summed E-state index contributed by atoms with van der Waals surface area (Å²) in [5, 5.41) is 2.81. The Kier molecular flexibility index (Phi) is 8.53. The lowest BCUT2D eigenvalue weighted by atomic mass is 10.2. The van der Waals surface area contributed by atoms with Gasteiger partial charge in [-0.15, -0.1) is 24.8 Å². The molecule has 1 atom stereocenters. The molecular weight excluding hydrogens is 301 g/mol. The van der Waals surface area contributed by atoms with Gasteiger partial charge >= 0.3 is 0 Å². The molecule has 5 nitrogen and oxygen atoms in total. The second kappa shape index (κ2) is 9.00. The highest BCUT2D eigenvalue weighted by molar-refractivity contribution is 5.94. The van der Waals surface area contributed by atoms with Gasteiger partial charge in [-0.25, -0.2) is 4.98 Å². The Labute approximate surface area is 131 Å². The number of rotatable bonds is 6. The van der Waals surface area contributed by atoms with Crippen LogP contribution in [0.4, 0.5) is 0 Å². The molecule has 1 aromatic rings. The van der Waals surface area contributed by atoms with Gasteiger partial charge in [0, 0.05) is 18.8 Å². The molecule has 2 rings (SSSR count). The Hall–Kier alpha value is -1.04. The molecule has 1 amide bonds. The Balaban J connectivity index is 0.00000180. The predicted molar refractivity (Wildman–Crippen MR) is 82.9 cm³/mol. The van der Waals surface area contributed by atoms with Gasteiger partial charge in [-0.1, -0.05) is 0 Å². The standard InChI is InChI=1S/C13H19N3O2.2ClH/c1-2-18-11-4-3-7-15-12(11)13(17)16-8-10(14)9-5-6-9;;/h3-4,7,9-10H,2,5-6,8,14H2,1H3,(H,16,17);2*1H. The van der Waals surface area contributed by atoms with E-state index in [9.17, 15) is 4.79 Å². The minimum Gasteiger partial charge on any atom is -0.491 e. The average Bonchev–Trinajstić information content (AvgIpc) is 3.21. The molecule has 0 saturated heterocycles. The van der Waals surface area contributed by atoms with Gasteiger partial charge in [-0.2, -0.15) is 0 Å². The number of halogens is 2. The van der Waals surface area contributed by atoms with Crippen molar-refractivity contribution in [3.63, 3.8) is 0 Å². The van der Waals surface area contributed by atoms with E-state index in [0.29, 0.717) is 30.5 Å². The van der Waals surface area contributed by atoms with E-state index < -0.39 is 0 Å². The van der Waals surface area contributed by atoms with E-state index in [2.05, 4.69) is 10.3 Å². The van der Waals surface area contributed by atoms with Crippen LogP contribution in [0.5, 0.6) is 5.75 Å². The monoisotopic (exact) mass is 321 g/mol. The SMILES string of the molecule is CCOc1cccnc1C(=O)NCC(N)C1CC1.Cl.Cl. The number of pyridine rings is 1. The zero-order valence-electron chi connectivity index (χ0n) is 11.4. The third-order valence-corrected chi connectivity index (χ3v) is 3.01. The number of amides is 1. The fraction of sp³-hybridized carbons (Fsp3) is 0.538. The minimum atomic E-state index is -0.227. The summed E-state index contributed by atoms with van der Waals surface area (Å²) in [5.74, 6) is 0.855. The molecule has 114 valence electrons. The molecule has 0 aliphatic heterocycles. The van der Waals surface area contributed by atoms with Gasteiger partial charge in [0.1, 0.15) is 0 Å². The fourth-order valence-corrected chi connectivity index (χ4v) is 1.82. The summed E-state index contributed by atoms with van der Waals surface area (Å²) in [5.41, 5.74) is 6.26. The largest absolute Gasteiger partial charge is 0.491 e. The van der Waals surface area contributed by atoms with Crippen LogP contribution in [0.15, 0.2) is 18.3 Å². The van der Waals surface area contributed by atoms with Crippen molar-refractivity contribution >= 4 is 30.7 Å². The first-order valence-electron chi connectivity index (χ1n) is 6.34. The van der Waals surface area contributed by atoms with Crippen molar-refractivity contribution in [2.24, 2.45) is 11.7 Å². The van der Waals surface area contributed by atoms with Gasteiger partial charge in [-0.3, -0.25) is 4.79 Å². The van der Waals surface area contributed by atoms with Crippen LogP contribution in [0.3, 0.4) is 0 Å². The first-order valence-corrected chi connectivity index (χ1v) is 6.34. The van der Waals surface area contributed by atoms with E-state index in [4.69, 9.17) is 10.5 Å². The Morgan fingerprint density at radius 1 is 1.55 bits per heavy atom. The quantitative estimate of drug-likeness (QED) is 0.837. The molecule has 0 spiro atoms. The maximum atomic E-state index is 12.0. The van der Waals surface area contributed by atoms with Crippen molar-refractivity contribution in [1.82, 2.24) is 10.3 Å². The Morgan fingerprint density at radius 3 is 2.85 bits per heavy atom. The molecule has 1 heterocycles. The zero-order chi connectivity index (χ0) is 13.0. The molecular formula is C13H21Cl2N3O2. The lowest BCUT2D eigenvalue weighted by molar-refractivity contribution is 0.0941. The van der Waals surface area contributed by atoms with Gasteiger partial charge in [-0.05, 0) is 37.8 Å². The molecule has 1 saturated carbocycles. The Bertz CT molecular complexity index is 428. The minimum absolute atomic E-state index is 0. The zero-order valence-corrected chi connectivity index (χ0v) is 13.0. The van der Waals surface area contributed by atoms with Crippen molar-refractivity contribution < 1.29 is 9.53 Å². The number of carbonyl (C=O) groups excluding carboxylic acids is 1. The number of nitrogens with one attached hydrogen (secondary N) is 1. The number of carbonyl (C=O) groups is 1. The number of aromatic nitrogens is 1. The highest BCUT2D eigenvalue weighted by Crippen LogP contribution is 2.31. The van der Waals surface area contributed by atoms with Gasteiger partial charge < -0.3 is 15.8 Å². The molecule has 1 aliphatic rings. The first kappa shape index (κ1) is 19.0. The average molecular weight is 322 g/mol. The maximum absolute atomic E-state index is 12.0. The molecule has 3 N–H and O–H groups in total. The van der Waals surface area contributed by atoms with Gasteiger partial charge in [0.25, 0.3) is 5.91 Å². The van der Waals surface area contributed by atoms with E-state index in [0.717, 1.165) is 0 Å². The van der Waals surface area contributed by atoms with Crippen LogP contribution >= 0.6 is 24.8 Å². The molecule has 7 heteroatoms. The molecule has 1 fully saturated rings. The third kappa shape index (κ3) is 5.15. The lowest BCUT2D eigenvalue weighted by Crippen LogP contribution is -2.38. The van der Waals surface area contributed by atoms with E-state index in [1.807, 2.05) is 6.92 Å². The van der Waals surface area contributed by atoms with E-state index >= 15 is 0 Å². The smallest absolute Gasteiger partial charge is 0.273 e. The van der Waals surface area contributed by atoms with Gasteiger partial charge in [0.2, 0.25) is 0 Å². The number of nitrogens with two attached hydrogens (primary N) is 1. The van der Waals surface area contributed by atoms with Crippen LogP contribution in [0.25, 0.3) is 0 Å². The van der Waals surface area contributed by atoms with Gasteiger partial charge in [0.15, 0.2) is 11.4 Å². The molecule has 0 radical (unpaired) electrons. The number of ether oxygens (including phenoxy) is 1. The summed E-state index contributed by atoms with van der Waals surface area (Å²) < 4.78 is 5.37. The van der Waals surface area contributed by atoms with Crippen LogP contribution in [0.1, 0.15) is 30.3 Å². The molecule has 0 aromatic carbocycles. The lowest BCUT2D eigenvalue weighted by Gasteiger charge is -2.12. The summed E-state index contributed by atoms with van der Waals surface area (Å²) in [4.78, 5) is 16.0. The second-order valence-corrected chi connectivity index (χ2v) is 4.49. The first-order chi connectivity index (χ1) is 8.72. The molecule has 20 heavy (non-hydrogen) atoms. The predicted octanol–water partition coefficient (Wildman–Crippen LogP) is 1.79. The molecule has 0 bridgehead atoms. The van der Waals surface area contributed by atoms with Crippen LogP contribution in [0.2, 0.25) is 0 Å². The molecule has 1 aliphatic carbocycles. The summed E-state index contributed by atoms with van der Waals surface area (Å²) in [6.07, 6.45) is 3.92. The summed E-state index contributed by atoms with van der Waals surface area (Å²) in [7, 11) is 0. The second-order valence-electron chi connectivity index (χ2n) is 4.49. The summed E-state index contributed by atoms with van der Waals surface area (Å²) in [6, 6.07) is 3.54. The van der Waals surface area contributed by atoms with Crippen molar-refractivity contribution in [1.29, 1.82) is 0 Å². The number of hydrogen-bond acceptors (Lipinski definition) is 4. The summed E-state index contributed by atoms with van der Waals surface area (Å²) in [6.45, 7) is 2.87. The van der Waals surface area contributed by atoms with Gasteiger partial charge in [0.05, 0.1) is 6.61 Å². The van der Waals surface area contributed by atoms with Crippen molar-refractivity contribution in [3.05, 3.63) is 24.0 Å². The van der Waals surface area contributed by atoms with Crippen molar-refractivity contribution in [2.45, 2.75) is 25.8 Å². The topological polar surface area (TPSA) is 77.2 Å². The molecule has 1 aromatic heterocycles. The third-order valence-electron chi connectivity index (χ3n) is 3.01. The van der Waals surface area contributed by atoms with Crippen LogP contribution in [0, 0.1) is 5.92 Å². The van der Waals surface area contributed by atoms with Crippen molar-refractivity contribution in [3.8, 4) is 5.75 Å². The van der Waals surface area contributed by atoms with E-state index in [-0.39, 0.29) is 36.8 Å². The Morgan fingerprint density at radius 2 is 2.25 bits per heavy atom. The summed E-state index contributed by atoms with van der Waals surface area (Å²) >= 11 is 0. The highest BCUT2D eigenvalue weighted by Gasteiger charge is 2.28. The highest BCUT2D eigenvalue weighted by atomic mass is 35.5.